The summed E-state index contributed by atoms with van der Waals surface area (Å²) in [5, 5.41) is 6.97. The van der Waals surface area contributed by atoms with Crippen molar-refractivity contribution >= 4 is 22.0 Å². The highest BCUT2D eigenvalue weighted by Crippen LogP contribution is 2.47. The third-order valence-electron chi connectivity index (χ3n) is 8.77. The molecule has 1 N–H and O–H groups in total. The summed E-state index contributed by atoms with van der Waals surface area (Å²) in [7, 11) is -3.39. The molecule has 0 aromatic carbocycles. The van der Waals surface area contributed by atoms with Crippen LogP contribution in [0.25, 0.3) is 0 Å². The Labute approximate surface area is 223 Å². The third kappa shape index (κ3) is 5.19. The molecule has 3 aliphatic heterocycles. The van der Waals surface area contributed by atoms with Crippen LogP contribution in [0.1, 0.15) is 68.6 Å². The fourth-order valence-corrected chi connectivity index (χ4v) is 8.89. The molecule has 4 heterocycles. The van der Waals surface area contributed by atoms with E-state index in [1.807, 2.05) is 20.8 Å². The van der Waals surface area contributed by atoms with E-state index in [9.17, 15) is 18.0 Å². The highest BCUT2D eigenvalue weighted by Gasteiger charge is 2.54. The topological polar surface area (TPSA) is 131 Å². The van der Waals surface area contributed by atoms with Gasteiger partial charge in [-0.25, -0.2) is 13.2 Å². The summed E-state index contributed by atoms with van der Waals surface area (Å²) < 4.78 is 44.5. The monoisotopic (exact) mass is 550 g/mol. The lowest BCUT2D eigenvalue weighted by Gasteiger charge is -2.32. The van der Waals surface area contributed by atoms with Crippen LogP contribution < -0.4 is 5.32 Å². The first-order valence-electron chi connectivity index (χ1n) is 13.8. The summed E-state index contributed by atoms with van der Waals surface area (Å²) in [5.74, 6) is 1.66. The normalized spacial score (nSPS) is 33.4. The number of amides is 2. The van der Waals surface area contributed by atoms with Gasteiger partial charge in [-0.15, -0.1) is 0 Å². The second-order valence-electron chi connectivity index (χ2n) is 12.8. The maximum absolute atomic E-state index is 13.4. The van der Waals surface area contributed by atoms with Gasteiger partial charge in [0.15, 0.2) is 5.69 Å². The first kappa shape index (κ1) is 26.1. The summed E-state index contributed by atoms with van der Waals surface area (Å²) in [4.78, 5) is 26.9. The zero-order valence-electron chi connectivity index (χ0n) is 22.3. The average molecular weight is 551 g/mol. The highest BCUT2D eigenvalue weighted by molar-refractivity contribution is 7.89. The number of carbonyl (C=O) groups excluding carboxylic acids is 2. The summed E-state index contributed by atoms with van der Waals surface area (Å²) >= 11 is 0. The number of hydrogen-bond donors (Lipinski definition) is 1. The lowest BCUT2D eigenvalue weighted by Crippen LogP contribution is -2.48. The number of aromatic nitrogens is 1. The predicted molar refractivity (Wildman–Crippen MR) is 136 cm³/mol. The van der Waals surface area contributed by atoms with Crippen molar-refractivity contribution in [2.75, 3.05) is 38.6 Å². The van der Waals surface area contributed by atoms with Gasteiger partial charge >= 0.3 is 6.09 Å². The van der Waals surface area contributed by atoms with Gasteiger partial charge in [0, 0.05) is 37.8 Å². The maximum Gasteiger partial charge on any atom is 0.410 e. The van der Waals surface area contributed by atoms with Crippen LogP contribution in [-0.2, 0) is 19.5 Å². The number of rotatable bonds is 6. The molecule has 2 amide bonds. The molecule has 210 valence electrons. The largest absolute Gasteiger partial charge is 0.444 e. The minimum Gasteiger partial charge on any atom is -0.444 e. The van der Waals surface area contributed by atoms with Gasteiger partial charge in [0.05, 0.1) is 24.9 Å². The standard InChI is InChI=1S/C26H38N4O7S/c1-26(2,3)36-25(32)29-10-16-6-15(7-17(16)11-29)14-38(33,34)30-5-4-20(19-8-22(19)30)27-24(31)21-9-23(37-28-21)18-12-35-13-18/h9,15-20,22H,4-8,10-14H2,1-3H3,(H,27,31)/t15?,16-,17+,19-,20+,22-/m1/s1. The minimum absolute atomic E-state index is 0.0393. The Kier molecular flexibility index (Phi) is 6.50. The summed E-state index contributed by atoms with van der Waals surface area (Å²) in [6.07, 6.45) is 2.75. The molecule has 1 aromatic rings. The quantitative estimate of drug-likeness (QED) is 0.570. The second-order valence-corrected chi connectivity index (χ2v) is 14.8. The number of nitrogens with one attached hydrogen (secondary N) is 1. The molecular weight excluding hydrogens is 512 g/mol. The van der Waals surface area contributed by atoms with Gasteiger partial charge in [0.25, 0.3) is 5.91 Å². The lowest BCUT2D eigenvalue weighted by molar-refractivity contribution is -0.00229. The molecule has 12 heteroatoms. The number of piperidine rings is 1. The molecule has 6 rings (SSSR count). The van der Waals surface area contributed by atoms with Crippen LogP contribution in [0.15, 0.2) is 10.6 Å². The van der Waals surface area contributed by atoms with E-state index in [1.165, 1.54) is 0 Å². The average Bonchev–Trinajstić information content (AvgIpc) is 3.07. The Hall–Kier alpha value is -2.18. The Bertz CT molecular complexity index is 1180. The minimum atomic E-state index is -3.39. The molecule has 5 fully saturated rings. The molecule has 5 aliphatic rings. The van der Waals surface area contributed by atoms with Gasteiger partial charge in [-0.3, -0.25) is 4.79 Å². The van der Waals surface area contributed by atoms with Crippen molar-refractivity contribution in [1.82, 2.24) is 19.7 Å². The third-order valence-corrected chi connectivity index (χ3v) is 10.8. The molecule has 0 bridgehead atoms. The Morgan fingerprint density at radius 3 is 2.50 bits per heavy atom. The van der Waals surface area contributed by atoms with Gasteiger partial charge in [-0.1, -0.05) is 5.16 Å². The molecule has 38 heavy (non-hydrogen) atoms. The van der Waals surface area contributed by atoms with Crippen molar-refractivity contribution in [1.29, 1.82) is 0 Å². The van der Waals surface area contributed by atoms with Crippen molar-refractivity contribution in [3.63, 3.8) is 0 Å². The Balaban J connectivity index is 0.982. The molecule has 1 aromatic heterocycles. The second kappa shape index (κ2) is 9.48. The number of nitrogens with zero attached hydrogens (tertiary/aromatic N) is 3. The predicted octanol–water partition coefficient (Wildman–Crippen LogP) is 2.20. The van der Waals surface area contributed by atoms with Crippen molar-refractivity contribution in [3.05, 3.63) is 17.5 Å². The van der Waals surface area contributed by atoms with Crippen LogP contribution in [0.5, 0.6) is 0 Å². The van der Waals surface area contributed by atoms with Gasteiger partial charge in [0.2, 0.25) is 10.0 Å². The van der Waals surface area contributed by atoms with E-state index in [-0.39, 0.29) is 53.3 Å². The molecule has 0 radical (unpaired) electrons. The molecule has 0 spiro atoms. The van der Waals surface area contributed by atoms with E-state index < -0.39 is 15.6 Å². The fraction of sp³-hybridized carbons (Fsp3) is 0.808. The van der Waals surface area contributed by atoms with E-state index in [2.05, 4.69) is 10.5 Å². The summed E-state index contributed by atoms with van der Waals surface area (Å²) in [6, 6.07) is 1.58. The summed E-state index contributed by atoms with van der Waals surface area (Å²) in [6.45, 7) is 8.47. The number of ether oxygens (including phenoxy) is 2. The SMILES string of the molecule is CC(C)(C)OC(=O)N1C[C@H]2CC(CS(=O)(=O)N3CC[C@H](NC(=O)c4cc(C5COC5)on4)[C@H]4C[C@H]43)C[C@H]2C1. The van der Waals surface area contributed by atoms with Crippen LogP contribution in [0.2, 0.25) is 0 Å². The molecule has 1 unspecified atom stereocenters. The molecule has 3 saturated heterocycles. The van der Waals surface area contributed by atoms with Crippen molar-refractivity contribution in [3.8, 4) is 0 Å². The van der Waals surface area contributed by atoms with Crippen LogP contribution in [-0.4, -0.2) is 91.1 Å². The maximum atomic E-state index is 13.4. The molecule has 6 atom stereocenters. The van der Waals surface area contributed by atoms with E-state index >= 15 is 0 Å². The van der Waals surface area contributed by atoms with E-state index in [1.54, 1.807) is 15.3 Å². The number of fused-ring (bicyclic) bond motifs is 2. The van der Waals surface area contributed by atoms with Crippen LogP contribution in [0.3, 0.4) is 0 Å². The van der Waals surface area contributed by atoms with Crippen molar-refractivity contribution < 1.29 is 32.0 Å². The van der Waals surface area contributed by atoms with Crippen LogP contribution in [0.4, 0.5) is 4.79 Å². The Morgan fingerprint density at radius 1 is 1.16 bits per heavy atom. The van der Waals surface area contributed by atoms with Gasteiger partial charge in [0.1, 0.15) is 11.4 Å². The van der Waals surface area contributed by atoms with Gasteiger partial charge in [-0.2, -0.15) is 4.31 Å². The molecule has 11 nitrogen and oxygen atoms in total. The molecule has 2 saturated carbocycles. The van der Waals surface area contributed by atoms with Gasteiger partial charge in [-0.05, 0) is 70.1 Å². The Morgan fingerprint density at radius 2 is 1.87 bits per heavy atom. The first-order chi connectivity index (χ1) is 18.0. The number of likely N-dealkylation sites (tertiary alicyclic amines) is 1. The zero-order valence-corrected chi connectivity index (χ0v) is 23.1. The first-order valence-corrected chi connectivity index (χ1v) is 15.4. The van der Waals surface area contributed by atoms with E-state index in [0.29, 0.717) is 56.9 Å². The smallest absolute Gasteiger partial charge is 0.410 e. The van der Waals surface area contributed by atoms with Crippen LogP contribution >= 0.6 is 0 Å². The number of carbonyl (C=O) groups is 2. The van der Waals surface area contributed by atoms with Gasteiger partial charge < -0.3 is 24.2 Å². The lowest BCUT2D eigenvalue weighted by atomic mass is 10.0. The fourth-order valence-electron chi connectivity index (χ4n) is 6.80. The van der Waals surface area contributed by atoms with Crippen molar-refractivity contribution in [2.24, 2.45) is 23.7 Å². The van der Waals surface area contributed by atoms with Crippen LogP contribution in [0, 0.1) is 23.7 Å². The molecular formula is C26H38N4O7S. The van der Waals surface area contributed by atoms with Crippen molar-refractivity contribution in [2.45, 2.75) is 70.1 Å². The molecule has 2 aliphatic carbocycles. The van der Waals surface area contributed by atoms with E-state index in [4.69, 9.17) is 14.0 Å². The van der Waals surface area contributed by atoms with E-state index in [0.717, 1.165) is 19.3 Å². The number of hydrogen-bond acceptors (Lipinski definition) is 8. The summed E-state index contributed by atoms with van der Waals surface area (Å²) in [5.41, 5.74) is -0.260. The number of sulfonamides is 1. The zero-order chi connectivity index (χ0) is 26.8. The highest BCUT2D eigenvalue weighted by atomic mass is 32.2.